The molecule has 8 heteroatoms. The molecule has 2 heterocycles. The number of fused-ring (bicyclic) bond motifs is 1. The number of carbonyl (C=O) groups is 1. The third-order valence-corrected chi connectivity index (χ3v) is 9.70. The zero-order valence-corrected chi connectivity index (χ0v) is 25.2. The number of ether oxygens (including phenoxy) is 2. The van der Waals surface area contributed by atoms with E-state index in [1.54, 1.807) is 18.1 Å². The van der Waals surface area contributed by atoms with Gasteiger partial charge in [0, 0.05) is 33.0 Å². The molecule has 0 aliphatic carbocycles. The highest BCUT2D eigenvalue weighted by Gasteiger charge is 2.39. The van der Waals surface area contributed by atoms with Crippen LogP contribution in [0.4, 0.5) is 5.69 Å². The summed E-state index contributed by atoms with van der Waals surface area (Å²) in [4.78, 5) is 15.6. The van der Waals surface area contributed by atoms with Gasteiger partial charge in [-0.2, -0.15) is 0 Å². The number of nitrogens with zero attached hydrogens (tertiary/aromatic N) is 1. The maximum atomic E-state index is 13.8. The first-order chi connectivity index (χ1) is 19.6. The average Bonchev–Trinajstić information content (AvgIpc) is 2.96. The lowest BCUT2D eigenvalue weighted by Crippen LogP contribution is -2.41. The van der Waals surface area contributed by atoms with E-state index < -0.39 is 22.4 Å². The van der Waals surface area contributed by atoms with E-state index in [2.05, 4.69) is 6.58 Å². The zero-order valence-electron chi connectivity index (χ0n) is 23.6. The second-order valence-electron chi connectivity index (χ2n) is 11.0. The average molecular weight is 594 g/mol. The van der Waals surface area contributed by atoms with Crippen LogP contribution in [0.15, 0.2) is 73.3 Å². The maximum absolute atomic E-state index is 13.8. The summed E-state index contributed by atoms with van der Waals surface area (Å²) >= 11 is 6.24. The molecule has 2 atom stereocenters. The Morgan fingerprint density at radius 3 is 2.32 bits per heavy atom. The van der Waals surface area contributed by atoms with E-state index in [4.69, 9.17) is 21.1 Å². The molecule has 0 spiro atoms. The summed E-state index contributed by atoms with van der Waals surface area (Å²) in [5.74, 6) is 2.25. The fraction of sp³-hybridized carbons (Fsp3) is 0.364. The SMILES string of the molecule is C=C[C@@](O)(c1ccc(N2C(=O)Cc3cc(OC)c(OC(C)C)cc3[C@@H]2c2ccc(Cl)cc2)cc1)C1CCS(=O)CC1. The zero-order chi connectivity index (χ0) is 29.3. The monoisotopic (exact) mass is 593 g/mol. The minimum atomic E-state index is -1.24. The summed E-state index contributed by atoms with van der Waals surface area (Å²) in [6.45, 7) is 7.86. The largest absolute Gasteiger partial charge is 0.493 e. The minimum Gasteiger partial charge on any atom is -0.493 e. The molecule has 0 saturated carbocycles. The summed E-state index contributed by atoms with van der Waals surface area (Å²) in [6.07, 6.45) is 3.07. The Morgan fingerprint density at radius 2 is 1.73 bits per heavy atom. The van der Waals surface area contributed by atoms with Gasteiger partial charge in [0.25, 0.3) is 0 Å². The van der Waals surface area contributed by atoms with E-state index in [0.29, 0.717) is 52.1 Å². The third kappa shape index (κ3) is 5.81. The van der Waals surface area contributed by atoms with Gasteiger partial charge >= 0.3 is 0 Å². The minimum absolute atomic E-state index is 0.0569. The topological polar surface area (TPSA) is 76.1 Å². The van der Waals surface area contributed by atoms with Crippen molar-refractivity contribution >= 4 is 34.0 Å². The van der Waals surface area contributed by atoms with Gasteiger partial charge in [0.2, 0.25) is 5.91 Å². The standard InChI is InChI=1S/C33H36ClNO5S/c1-5-33(37,25-14-16-41(38)17-15-25)24-8-12-27(13-9-24)35-31(36)19-23-18-29(39-4)30(40-21(2)3)20-28(23)32(35)22-6-10-26(34)11-7-22/h5-13,18,20-21,25,32,37H,1,14-17,19H2,2-4H3/t25?,32-,33+,41?/m0/s1. The Bertz CT molecular complexity index is 1450. The smallest absolute Gasteiger partial charge is 0.232 e. The van der Waals surface area contributed by atoms with Crippen molar-refractivity contribution in [1.82, 2.24) is 0 Å². The van der Waals surface area contributed by atoms with Crippen LogP contribution < -0.4 is 14.4 Å². The predicted octanol–water partition coefficient (Wildman–Crippen LogP) is 6.35. The Labute approximate surface area is 249 Å². The highest BCUT2D eigenvalue weighted by molar-refractivity contribution is 7.85. The van der Waals surface area contributed by atoms with Crippen molar-refractivity contribution in [2.75, 3.05) is 23.5 Å². The van der Waals surface area contributed by atoms with Crippen LogP contribution in [-0.4, -0.2) is 39.9 Å². The molecular weight excluding hydrogens is 558 g/mol. The molecule has 1 amide bonds. The van der Waals surface area contributed by atoms with E-state index in [1.807, 2.05) is 74.5 Å². The highest BCUT2D eigenvalue weighted by atomic mass is 35.5. The highest BCUT2D eigenvalue weighted by Crippen LogP contribution is 2.45. The molecule has 1 fully saturated rings. The van der Waals surface area contributed by atoms with Gasteiger partial charge in [0.15, 0.2) is 11.5 Å². The van der Waals surface area contributed by atoms with Gasteiger partial charge in [-0.25, -0.2) is 0 Å². The lowest BCUT2D eigenvalue weighted by atomic mass is 9.78. The molecule has 1 saturated heterocycles. The van der Waals surface area contributed by atoms with Gasteiger partial charge < -0.3 is 19.5 Å². The van der Waals surface area contributed by atoms with Crippen LogP contribution in [0.3, 0.4) is 0 Å². The lowest BCUT2D eigenvalue weighted by Gasteiger charge is -2.39. The molecule has 0 aromatic heterocycles. The van der Waals surface area contributed by atoms with Crippen LogP contribution in [0, 0.1) is 5.92 Å². The molecule has 2 aliphatic heterocycles. The molecule has 3 aromatic rings. The van der Waals surface area contributed by atoms with Crippen molar-refractivity contribution in [2.45, 2.75) is 50.9 Å². The summed E-state index contributed by atoms with van der Waals surface area (Å²) in [5, 5.41) is 12.3. The van der Waals surface area contributed by atoms with Crippen LogP contribution in [-0.2, 0) is 27.6 Å². The number of methoxy groups -OCH3 is 1. The van der Waals surface area contributed by atoms with E-state index in [9.17, 15) is 14.1 Å². The molecule has 41 heavy (non-hydrogen) atoms. The van der Waals surface area contributed by atoms with E-state index in [-0.39, 0.29) is 24.3 Å². The first-order valence-electron chi connectivity index (χ1n) is 13.9. The fourth-order valence-corrected chi connectivity index (χ4v) is 7.40. The summed E-state index contributed by atoms with van der Waals surface area (Å²) < 4.78 is 23.6. The lowest BCUT2D eigenvalue weighted by molar-refractivity contribution is -0.118. The first-order valence-corrected chi connectivity index (χ1v) is 15.8. The van der Waals surface area contributed by atoms with Crippen molar-refractivity contribution < 1.29 is 23.6 Å². The number of hydrogen-bond acceptors (Lipinski definition) is 5. The van der Waals surface area contributed by atoms with Crippen molar-refractivity contribution in [3.8, 4) is 11.5 Å². The van der Waals surface area contributed by atoms with Gasteiger partial charge in [-0.3, -0.25) is 9.00 Å². The van der Waals surface area contributed by atoms with Gasteiger partial charge in [-0.1, -0.05) is 48.5 Å². The molecule has 216 valence electrons. The Balaban J connectivity index is 1.58. The number of amides is 1. The van der Waals surface area contributed by atoms with Gasteiger partial charge in [-0.05, 0) is 91.3 Å². The van der Waals surface area contributed by atoms with Crippen LogP contribution in [0.25, 0.3) is 0 Å². The molecule has 6 nitrogen and oxygen atoms in total. The Kier molecular flexibility index (Phi) is 8.60. The van der Waals surface area contributed by atoms with Crippen LogP contribution >= 0.6 is 11.6 Å². The molecule has 1 N–H and O–H groups in total. The molecular formula is C33H36ClNO5S. The first kappa shape index (κ1) is 29.4. The van der Waals surface area contributed by atoms with E-state index in [1.165, 1.54) is 0 Å². The number of benzene rings is 3. The Hall–Kier alpha value is -3.13. The van der Waals surface area contributed by atoms with Gasteiger partial charge in [0.1, 0.15) is 5.60 Å². The Morgan fingerprint density at radius 1 is 1.07 bits per heavy atom. The molecule has 2 aliphatic rings. The van der Waals surface area contributed by atoms with E-state index in [0.717, 1.165) is 16.7 Å². The summed E-state index contributed by atoms with van der Waals surface area (Å²) in [7, 11) is 0.769. The predicted molar refractivity (Wildman–Crippen MR) is 164 cm³/mol. The number of hydrogen-bond donors (Lipinski definition) is 1. The molecule has 3 aromatic carbocycles. The normalized spacial score (nSPS) is 22.1. The fourth-order valence-electron chi connectivity index (χ4n) is 5.97. The van der Waals surface area contributed by atoms with Crippen molar-refractivity contribution in [2.24, 2.45) is 5.92 Å². The van der Waals surface area contributed by atoms with Crippen LogP contribution in [0.2, 0.25) is 5.02 Å². The summed E-state index contributed by atoms with van der Waals surface area (Å²) in [5.41, 5.74) is 2.92. The number of rotatable bonds is 8. The van der Waals surface area contributed by atoms with Crippen LogP contribution in [0.5, 0.6) is 11.5 Å². The number of aliphatic hydroxyl groups is 1. The number of anilines is 1. The molecule has 0 unspecified atom stereocenters. The van der Waals surface area contributed by atoms with Crippen molar-refractivity contribution in [1.29, 1.82) is 0 Å². The van der Waals surface area contributed by atoms with Gasteiger partial charge in [-0.15, -0.1) is 0 Å². The van der Waals surface area contributed by atoms with E-state index >= 15 is 0 Å². The quantitative estimate of drug-likeness (QED) is 0.308. The molecule has 5 rings (SSSR count). The maximum Gasteiger partial charge on any atom is 0.232 e. The number of carbonyl (C=O) groups excluding carboxylic acids is 1. The van der Waals surface area contributed by atoms with Crippen molar-refractivity contribution in [3.63, 3.8) is 0 Å². The van der Waals surface area contributed by atoms with Crippen LogP contribution in [0.1, 0.15) is 55.0 Å². The molecule has 0 radical (unpaired) electrons. The second-order valence-corrected chi connectivity index (χ2v) is 13.1. The van der Waals surface area contributed by atoms with Gasteiger partial charge in [0.05, 0.1) is 25.7 Å². The second kappa shape index (κ2) is 12.0. The van der Waals surface area contributed by atoms with Crippen molar-refractivity contribution in [3.05, 3.63) is 101 Å². The number of halogens is 1. The molecule has 0 bridgehead atoms. The third-order valence-electron chi connectivity index (χ3n) is 8.07. The summed E-state index contributed by atoms with van der Waals surface area (Å²) in [6, 6.07) is 18.5.